The maximum absolute atomic E-state index is 15.7. The number of rotatable bonds is 5. The van der Waals surface area contributed by atoms with Crippen molar-refractivity contribution in [3.63, 3.8) is 0 Å². The first kappa shape index (κ1) is 29.7. The molecule has 2 aromatic rings. The van der Waals surface area contributed by atoms with E-state index in [1.165, 1.54) is 23.2 Å². The first-order valence-corrected chi connectivity index (χ1v) is 14.9. The van der Waals surface area contributed by atoms with Gasteiger partial charge >= 0.3 is 0 Å². The number of nitrogens with zero attached hydrogens (tertiary/aromatic N) is 6. The van der Waals surface area contributed by atoms with Gasteiger partial charge in [-0.2, -0.15) is 5.26 Å². The molecule has 3 aliphatic heterocycles. The number of nitrogens with one attached hydrogen (secondary N) is 1. The fourth-order valence-electron chi connectivity index (χ4n) is 6.42. The molecule has 4 aliphatic rings. The van der Waals surface area contributed by atoms with Crippen LogP contribution in [0.2, 0.25) is 5.02 Å². The summed E-state index contributed by atoms with van der Waals surface area (Å²) in [5.41, 5.74) is 0.407. The van der Waals surface area contributed by atoms with E-state index in [9.17, 15) is 14.3 Å². The van der Waals surface area contributed by atoms with E-state index in [1.807, 2.05) is 12.1 Å². The molecule has 1 spiro atoms. The highest BCUT2D eigenvalue weighted by atomic mass is 35.5. The highest BCUT2D eigenvalue weighted by Crippen LogP contribution is 2.48. The summed E-state index contributed by atoms with van der Waals surface area (Å²) in [5, 5.41) is 12.8. The number of benzene rings is 1. The van der Waals surface area contributed by atoms with Gasteiger partial charge in [-0.05, 0) is 62.3 Å². The third-order valence-corrected chi connectivity index (χ3v) is 9.53. The molecular weight excluding hydrogens is 588 g/mol. The Bertz CT molecular complexity index is 1410. The van der Waals surface area contributed by atoms with E-state index in [0.717, 1.165) is 65.1 Å². The van der Waals surface area contributed by atoms with Crippen molar-refractivity contribution in [2.24, 2.45) is 5.92 Å². The minimum absolute atomic E-state index is 0. The minimum Gasteiger partial charge on any atom is -0.369 e. The number of aromatic nitrogens is 1. The summed E-state index contributed by atoms with van der Waals surface area (Å²) < 4.78 is 28.2. The molecule has 1 aliphatic carbocycles. The molecule has 0 unspecified atom stereocenters. The van der Waals surface area contributed by atoms with Gasteiger partial charge < -0.3 is 20.0 Å². The summed E-state index contributed by atoms with van der Waals surface area (Å²) in [5.74, 6) is -0.0133. The standard InChI is InChI=1S/C28H31ClFN7O2S.ClH/c29-22-14-21(17-33-24(22)16-31)36-26(38)28(6-1-7-28)37(27(36)40-39)20-2-3-25(23(30)15-20)35-10-4-19(5-11-35)18-34-12-8-32-9-13-34;/h2-3,14-15,17,19,32H,1,4-13,18H2;1H. The zero-order chi connectivity index (χ0) is 27.9. The molecule has 1 aromatic carbocycles. The van der Waals surface area contributed by atoms with E-state index in [-0.39, 0.29) is 51.2 Å². The largest absolute Gasteiger partial charge is 0.369 e. The topological polar surface area (TPSA) is 95.8 Å². The number of carbonyl (C=O) groups excluding carboxylic acids is 1. The summed E-state index contributed by atoms with van der Waals surface area (Å²) in [6.45, 7) is 6.96. The number of hydrogen-bond donors (Lipinski definition) is 1. The normalized spacial score (nSPS) is 21.0. The first-order chi connectivity index (χ1) is 19.4. The van der Waals surface area contributed by atoms with Gasteiger partial charge in [-0.1, -0.05) is 11.6 Å². The lowest BCUT2D eigenvalue weighted by Gasteiger charge is -2.43. The maximum atomic E-state index is 15.7. The molecular formula is C28H32Cl2FN7O2S. The van der Waals surface area contributed by atoms with Gasteiger partial charge in [-0.15, -0.1) is 12.4 Å². The highest BCUT2D eigenvalue weighted by molar-refractivity contribution is 7.67. The second-order valence-corrected chi connectivity index (χ2v) is 11.9. The van der Waals surface area contributed by atoms with E-state index in [2.05, 4.69) is 20.1 Å². The number of hydrogen-bond acceptors (Lipinski definition) is 7. The lowest BCUT2D eigenvalue weighted by Crippen LogP contribution is -2.55. The molecule has 9 nitrogen and oxygen atoms in total. The van der Waals surface area contributed by atoms with Crippen LogP contribution in [0.3, 0.4) is 0 Å². The van der Waals surface area contributed by atoms with Gasteiger partial charge in [0, 0.05) is 51.5 Å². The van der Waals surface area contributed by atoms with E-state index >= 15 is 4.39 Å². The van der Waals surface area contributed by atoms with Crippen LogP contribution in [0.5, 0.6) is 0 Å². The molecule has 1 N–H and O–H groups in total. The van der Waals surface area contributed by atoms with Crippen LogP contribution in [0, 0.1) is 23.1 Å². The smallest absolute Gasteiger partial charge is 0.259 e. The monoisotopic (exact) mass is 619 g/mol. The molecule has 4 fully saturated rings. The Morgan fingerprint density at radius 2 is 1.88 bits per heavy atom. The molecule has 6 rings (SSSR count). The maximum Gasteiger partial charge on any atom is 0.259 e. The van der Waals surface area contributed by atoms with Gasteiger partial charge in [0.05, 0.1) is 22.6 Å². The number of pyridine rings is 1. The summed E-state index contributed by atoms with van der Waals surface area (Å²) in [6, 6.07) is 8.39. The van der Waals surface area contributed by atoms with Crippen molar-refractivity contribution in [1.82, 2.24) is 15.2 Å². The summed E-state index contributed by atoms with van der Waals surface area (Å²) >= 11 is 6.38. The summed E-state index contributed by atoms with van der Waals surface area (Å²) in [6.07, 6.45) is 5.33. The SMILES string of the molecule is Cl.N#Cc1ncc(N2C(=O)C3(CCC3)N(c3ccc(N4CCC(CN5CCNCC5)CC4)c(F)c3)C2=S=O)cc1Cl. The van der Waals surface area contributed by atoms with Gasteiger partial charge in [0.25, 0.3) is 5.91 Å². The Labute approximate surface area is 253 Å². The van der Waals surface area contributed by atoms with Crippen molar-refractivity contribution in [3.8, 4) is 6.07 Å². The molecule has 0 atom stereocenters. The fourth-order valence-corrected chi connectivity index (χ4v) is 7.24. The molecule has 1 saturated carbocycles. The van der Waals surface area contributed by atoms with Gasteiger partial charge in [0.1, 0.15) is 28.7 Å². The zero-order valence-corrected chi connectivity index (χ0v) is 24.9. The molecule has 1 amide bonds. The van der Waals surface area contributed by atoms with Crippen LogP contribution in [0.4, 0.5) is 21.5 Å². The van der Waals surface area contributed by atoms with Gasteiger partial charge in [0.15, 0.2) is 5.69 Å². The number of carbonyl (C=O) groups is 1. The van der Waals surface area contributed by atoms with Gasteiger partial charge in [-0.25, -0.2) is 13.6 Å². The van der Waals surface area contributed by atoms with Crippen LogP contribution in [0.25, 0.3) is 0 Å². The second kappa shape index (κ2) is 12.2. The van der Waals surface area contributed by atoms with Crippen LogP contribution in [0.1, 0.15) is 37.8 Å². The molecule has 13 heteroatoms. The van der Waals surface area contributed by atoms with E-state index < -0.39 is 5.54 Å². The van der Waals surface area contributed by atoms with Crippen molar-refractivity contribution in [2.45, 2.75) is 37.6 Å². The van der Waals surface area contributed by atoms with E-state index in [0.29, 0.717) is 35.8 Å². The molecule has 0 bridgehead atoms. The Morgan fingerprint density at radius 3 is 2.46 bits per heavy atom. The molecule has 4 heterocycles. The number of piperidine rings is 1. The fraction of sp³-hybridized carbons (Fsp3) is 0.500. The number of anilines is 3. The Balaban J connectivity index is 0.00000337. The first-order valence-electron chi connectivity index (χ1n) is 13.8. The highest BCUT2D eigenvalue weighted by Gasteiger charge is 2.60. The van der Waals surface area contributed by atoms with Gasteiger partial charge in [-0.3, -0.25) is 9.69 Å². The van der Waals surface area contributed by atoms with Crippen LogP contribution in [-0.2, 0) is 16.1 Å². The van der Waals surface area contributed by atoms with Crippen molar-refractivity contribution in [1.29, 1.82) is 5.26 Å². The van der Waals surface area contributed by atoms with Crippen molar-refractivity contribution >= 4 is 63.3 Å². The average Bonchev–Trinajstić information content (AvgIpc) is 3.22. The third-order valence-electron chi connectivity index (χ3n) is 8.73. The number of amides is 1. The Morgan fingerprint density at radius 1 is 1.15 bits per heavy atom. The van der Waals surface area contributed by atoms with E-state index in [4.69, 9.17) is 11.6 Å². The Hall–Kier alpha value is -2.75. The number of halogens is 3. The average molecular weight is 621 g/mol. The molecule has 218 valence electrons. The van der Waals surface area contributed by atoms with Crippen molar-refractivity contribution < 1.29 is 13.4 Å². The van der Waals surface area contributed by atoms with E-state index in [1.54, 1.807) is 11.0 Å². The number of piperazine rings is 1. The Kier molecular flexibility index (Phi) is 8.87. The van der Waals surface area contributed by atoms with Crippen molar-refractivity contribution in [2.75, 3.05) is 60.5 Å². The minimum atomic E-state index is -0.955. The number of nitriles is 1. The van der Waals surface area contributed by atoms with Crippen molar-refractivity contribution in [3.05, 3.63) is 47.0 Å². The summed E-state index contributed by atoms with van der Waals surface area (Å²) in [7, 11) is 0. The van der Waals surface area contributed by atoms with Crippen LogP contribution >= 0.6 is 24.0 Å². The van der Waals surface area contributed by atoms with Crippen LogP contribution in [0.15, 0.2) is 30.5 Å². The van der Waals surface area contributed by atoms with Crippen LogP contribution in [-0.4, -0.2) is 76.5 Å². The predicted octanol–water partition coefficient (Wildman–Crippen LogP) is 3.37. The predicted molar refractivity (Wildman–Crippen MR) is 162 cm³/mol. The third kappa shape index (κ3) is 5.32. The molecule has 3 saturated heterocycles. The van der Waals surface area contributed by atoms with Crippen LogP contribution < -0.4 is 20.0 Å². The lowest BCUT2D eigenvalue weighted by atomic mass is 9.75. The molecule has 41 heavy (non-hydrogen) atoms. The van der Waals surface area contributed by atoms with Gasteiger partial charge in [0.2, 0.25) is 5.11 Å². The zero-order valence-electron chi connectivity index (χ0n) is 22.5. The molecule has 0 radical (unpaired) electrons. The molecule has 1 aromatic heterocycles. The second-order valence-electron chi connectivity index (χ2n) is 11.0. The lowest BCUT2D eigenvalue weighted by molar-refractivity contribution is -0.123. The quantitative estimate of drug-likeness (QED) is 0.509. The summed E-state index contributed by atoms with van der Waals surface area (Å²) in [4.78, 5) is 25.4.